The third-order valence-electron chi connectivity index (χ3n) is 2.89. The maximum atomic E-state index is 12.2. The molecule has 1 rings (SSSR count). The zero-order valence-corrected chi connectivity index (χ0v) is 12.1. The molecular weight excluding hydrogens is 264 g/mol. The summed E-state index contributed by atoms with van der Waals surface area (Å²) in [6.45, 7) is 6.55. The van der Waals surface area contributed by atoms with Gasteiger partial charge in [0.15, 0.2) is 0 Å². The van der Waals surface area contributed by atoms with Gasteiger partial charge in [0.2, 0.25) is 0 Å². The molecule has 2 unspecified atom stereocenters. The van der Waals surface area contributed by atoms with E-state index in [4.69, 9.17) is 9.84 Å². The van der Waals surface area contributed by atoms with Crippen molar-refractivity contribution in [1.82, 2.24) is 5.32 Å². The number of halogens is 2. The van der Waals surface area contributed by atoms with E-state index in [2.05, 4.69) is 19.2 Å². The first-order valence-electron chi connectivity index (χ1n) is 6.82. The second-order valence-corrected chi connectivity index (χ2v) is 5.31. The lowest BCUT2D eigenvalue weighted by Crippen LogP contribution is -2.33. The predicted octanol–water partition coefficient (Wildman–Crippen LogP) is 3.00. The van der Waals surface area contributed by atoms with Crippen molar-refractivity contribution in [1.29, 1.82) is 0 Å². The second kappa shape index (κ2) is 8.17. The summed E-state index contributed by atoms with van der Waals surface area (Å²) >= 11 is 0. The Hall–Kier alpha value is -1.20. The highest BCUT2D eigenvalue weighted by Crippen LogP contribution is 2.18. The number of hydrogen-bond donors (Lipinski definition) is 2. The van der Waals surface area contributed by atoms with E-state index in [-0.39, 0.29) is 12.6 Å². The molecule has 0 amide bonds. The van der Waals surface area contributed by atoms with E-state index in [0.717, 1.165) is 11.3 Å². The van der Waals surface area contributed by atoms with Gasteiger partial charge in [0.05, 0.1) is 6.61 Å². The van der Waals surface area contributed by atoms with Gasteiger partial charge in [0.25, 0.3) is 6.43 Å². The van der Waals surface area contributed by atoms with Crippen molar-refractivity contribution in [3.8, 4) is 5.75 Å². The first-order valence-corrected chi connectivity index (χ1v) is 6.82. The average molecular weight is 287 g/mol. The summed E-state index contributed by atoms with van der Waals surface area (Å²) < 4.78 is 29.9. The van der Waals surface area contributed by atoms with Crippen molar-refractivity contribution < 1.29 is 18.6 Å². The molecule has 2 atom stereocenters. The summed E-state index contributed by atoms with van der Waals surface area (Å²) in [5, 5.41) is 11.9. The van der Waals surface area contributed by atoms with Crippen LogP contribution >= 0.6 is 0 Å². The molecule has 0 aliphatic rings. The predicted molar refractivity (Wildman–Crippen MR) is 75.2 cm³/mol. The fourth-order valence-electron chi connectivity index (χ4n) is 1.62. The molecule has 1 aromatic carbocycles. The quantitative estimate of drug-likeness (QED) is 0.772. The van der Waals surface area contributed by atoms with Crippen LogP contribution in [0.4, 0.5) is 8.78 Å². The largest absolute Gasteiger partial charge is 0.493 e. The molecule has 0 fully saturated rings. The molecule has 1 aromatic rings. The highest BCUT2D eigenvalue weighted by Gasteiger charge is 2.17. The molecule has 0 aliphatic heterocycles. The Bertz CT molecular complexity index is 382. The van der Waals surface area contributed by atoms with E-state index in [1.54, 1.807) is 0 Å². The van der Waals surface area contributed by atoms with Gasteiger partial charge in [-0.3, -0.25) is 0 Å². The van der Waals surface area contributed by atoms with E-state index >= 15 is 0 Å². The molecule has 0 radical (unpaired) electrons. The summed E-state index contributed by atoms with van der Waals surface area (Å²) in [5.74, 6) is 1.26. The normalized spacial score (nSPS) is 14.6. The topological polar surface area (TPSA) is 41.5 Å². The Kier molecular flexibility index (Phi) is 6.88. The van der Waals surface area contributed by atoms with Crippen molar-refractivity contribution in [2.45, 2.75) is 39.3 Å². The van der Waals surface area contributed by atoms with Gasteiger partial charge >= 0.3 is 0 Å². The summed E-state index contributed by atoms with van der Waals surface area (Å²) in [5.41, 5.74) is 0.961. The van der Waals surface area contributed by atoms with E-state index in [9.17, 15) is 8.78 Å². The van der Waals surface area contributed by atoms with Crippen LogP contribution in [-0.2, 0) is 0 Å². The van der Waals surface area contributed by atoms with Gasteiger partial charge in [-0.25, -0.2) is 8.78 Å². The van der Waals surface area contributed by atoms with Crippen molar-refractivity contribution in [2.75, 3.05) is 13.2 Å². The molecule has 3 nitrogen and oxygen atoms in total. The molecule has 0 aliphatic carbocycles. The Morgan fingerprint density at radius 2 is 1.75 bits per heavy atom. The van der Waals surface area contributed by atoms with Gasteiger partial charge in [0.1, 0.15) is 11.9 Å². The molecule has 20 heavy (non-hydrogen) atoms. The first-order chi connectivity index (χ1) is 9.40. The molecule has 5 heteroatoms. The van der Waals surface area contributed by atoms with Crippen LogP contribution in [0.2, 0.25) is 0 Å². The van der Waals surface area contributed by atoms with Gasteiger partial charge in [-0.05, 0) is 30.5 Å². The van der Waals surface area contributed by atoms with Crippen LogP contribution in [-0.4, -0.2) is 30.8 Å². The van der Waals surface area contributed by atoms with Gasteiger partial charge in [-0.2, -0.15) is 0 Å². The number of hydrogen-bond acceptors (Lipinski definition) is 3. The van der Waals surface area contributed by atoms with Gasteiger partial charge in [-0.15, -0.1) is 0 Å². The lowest BCUT2D eigenvalue weighted by Gasteiger charge is -2.17. The number of aliphatic hydroxyl groups excluding tert-OH is 1. The zero-order valence-electron chi connectivity index (χ0n) is 12.1. The van der Waals surface area contributed by atoms with Crippen LogP contribution < -0.4 is 10.1 Å². The number of benzene rings is 1. The zero-order chi connectivity index (χ0) is 15.1. The van der Waals surface area contributed by atoms with Gasteiger partial charge < -0.3 is 15.2 Å². The van der Waals surface area contributed by atoms with E-state index in [0.29, 0.717) is 12.5 Å². The molecule has 0 saturated heterocycles. The minimum Gasteiger partial charge on any atom is -0.493 e. The van der Waals surface area contributed by atoms with Crippen LogP contribution in [0.1, 0.15) is 32.4 Å². The summed E-state index contributed by atoms with van der Waals surface area (Å²) in [6, 6.07) is 7.39. The van der Waals surface area contributed by atoms with Crippen molar-refractivity contribution in [3.63, 3.8) is 0 Å². The number of nitrogens with one attached hydrogen (secondary N) is 1. The SMILES string of the molecule is CC(C)COc1ccc(C(C)NCC(O)C(F)F)cc1. The van der Waals surface area contributed by atoms with Crippen LogP contribution in [0.5, 0.6) is 5.75 Å². The van der Waals surface area contributed by atoms with Crippen LogP contribution in [0.3, 0.4) is 0 Å². The number of aliphatic hydroxyl groups is 1. The Morgan fingerprint density at radius 1 is 1.15 bits per heavy atom. The summed E-state index contributed by atoms with van der Waals surface area (Å²) in [6.07, 6.45) is -4.35. The highest BCUT2D eigenvalue weighted by atomic mass is 19.3. The number of rotatable bonds is 8. The van der Waals surface area contributed by atoms with E-state index < -0.39 is 12.5 Å². The monoisotopic (exact) mass is 287 g/mol. The maximum absolute atomic E-state index is 12.2. The lowest BCUT2D eigenvalue weighted by atomic mass is 10.1. The Morgan fingerprint density at radius 3 is 2.25 bits per heavy atom. The van der Waals surface area contributed by atoms with Crippen LogP contribution in [0.15, 0.2) is 24.3 Å². The summed E-state index contributed by atoms with van der Waals surface area (Å²) in [4.78, 5) is 0. The molecule has 2 N–H and O–H groups in total. The molecule has 0 heterocycles. The van der Waals surface area contributed by atoms with E-state index in [1.165, 1.54) is 0 Å². The molecule has 0 bridgehead atoms. The number of ether oxygens (including phenoxy) is 1. The van der Waals surface area contributed by atoms with E-state index in [1.807, 2.05) is 31.2 Å². The molecule has 0 saturated carbocycles. The Balaban J connectivity index is 2.46. The first kappa shape index (κ1) is 16.9. The summed E-state index contributed by atoms with van der Waals surface area (Å²) in [7, 11) is 0. The molecule has 0 aromatic heterocycles. The van der Waals surface area contributed by atoms with Crippen molar-refractivity contribution in [2.24, 2.45) is 5.92 Å². The van der Waals surface area contributed by atoms with Crippen LogP contribution in [0, 0.1) is 5.92 Å². The van der Waals surface area contributed by atoms with Crippen molar-refractivity contribution >= 4 is 0 Å². The molecule has 114 valence electrons. The average Bonchev–Trinajstić information content (AvgIpc) is 2.42. The van der Waals surface area contributed by atoms with Gasteiger partial charge in [0, 0.05) is 12.6 Å². The maximum Gasteiger partial charge on any atom is 0.265 e. The minimum atomic E-state index is -2.72. The highest BCUT2D eigenvalue weighted by molar-refractivity contribution is 5.28. The smallest absolute Gasteiger partial charge is 0.265 e. The molecule has 0 spiro atoms. The fraction of sp³-hybridized carbons (Fsp3) is 0.600. The lowest BCUT2D eigenvalue weighted by molar-refractivity contribution is -0.00439. The van der Waals surface area contributed by atoms with Crippen LogP contribution in [0.25, 0.3) is 0 Å². The standard InChI is InChI=1S/C15H23F2NO2/c1-10(2)9-20-13-6-4-12(5-7-13)11(3)18-8-14(19)15(16)17/h4-7,10-11,14-15,18-19H,8-9H2,1-3H3. The number of alkyl halides is 2. The fourth-order valence-corrected chi connectivity index (χ4v) is 1.62. The third-order valence-corrected chi connectivity index (χ3v) is 2.89. The van der Waals surface area contributed by atoms with Gasteiger partial charge in [-0.1, -0.05) is 26.0 Å². The van der Waals surface area contributed by atoms with Crippen molar-refractivity contribution in [3.05, 3.63) is 29.8 Å². The molecular formula is C15H23F2NO2. The minimum absolute atomic E-state index is 0.109. The third kappa shape index (κ3) is 5.84. The Labute approximate surface area is 119 Å². The second-order valence-electron chi connectivity index (χ2n) is 5.31.